The lowest BCUT2D eigenvalue weighted by Gasteiger charge is -2.61. The van der Waals surface area contributed by atoms with Gasteiger partial charge in [0.25, 0.3) is 0 Å². The second kappa shape index (κ2) is 2.53. The van der Waals surface area contributed by atoms with Gasteiger partial charge in [-0.15, -0.1) is 0 Å². The van der Waals surface area contributed by atoms with Crippen LogP contribution in [0.1, 0.15) is 45.4 Å². The second-order valence-corrected chi connectivity index (χ2v) is 6.03. The minimum absolute atomic E-state index is 0.508. The van der Waals surface area contributed by atoms with Gasteiger partial charge in [-0.1, -0.05) is 13.3 Å². The molecule has 2 nitrogen and oxygen atoms in total. The number of hydrogen-bond donors (Lipinski definition) is 2. The highest BCUT2D eigenvalue weighted by Crippen LogP contribution is 2.60. The Morgan fingerprint density at radius 1 is 1.00 bits per heavy atom. The lowest BCUT2D eigenvalue weighted by atomic mass is 9.48. The van der Waals surface area contributed by atoms with Gasteiger partial charge in [-0.05, 0) is 43.4 Å². The van der Waals surface area contributed by atoms with Crippen molar-refractivity contribution in [1.29, 1.82) is 0 Å². The van der Waals surface area contributed by atoms with E-state index in [0.717, 1.165) is 31.6 Å². The highest BCUT2D eigenvalue weighted by Gasteiger charge is 2.59. The molecule has 2 heteroatoms. The van der Waals surface area contributed by atoms with Gasteiger partial charge in [-0.2, -0.15) is 0 Å². The van der Waals surface area contributed by atoms with Crippen LogP contribution in [0.5, 0.6) is 0 Å². The fourth-order valence-corrected chi connectivity index (χ4v) is 4.82. The van der Waals surface area contributed by atoms with E-state index in [2.05, 4.69) is 6.92 Å². The molecule has 0 heterocycles. The molecule has 4 saturated carbocycles. The van der Waals surface area contributed by atoms with Crippen LogP contribution in [0.2, 0.25) is 0 Å². The van der Waals surface area contributed by atoms with Crippen LogP contribution in [0.15, 0.2) is 0 Å². The van der Waals surface area contributed by atoms with Gasteiger partial charge >= 0.3 is 0 Å². The van der Waals surface area contributed by atoms with E-state index in [0.29, 0.717) is 18.3 Å². The molecule has 0 aromatic carbocycles. The first-order valence-corrected chi connectivity index (χ1v) is 5.98. The van der Waals surface area contributed by atoms with Gasteiger partial charge in [0.1, 0.15) is 0 Å². The van der Waals surface area contributed by atoms with Crippen molar-refractivity contribution in [2.45, 2.75) is 56.7 Å². The van der Waals surface area contributed by atoms with E-state index in [1.165, 1.54) is 6.42 Å². The van der Waals surface area contributed by atoms with Crippen molar-refractivity contribution in [3.63, 3.8) is 0 Å². The molecule has 4 aliphatic rings. The lowest BCUT2D eigenvalue weighted by molar-refractivity contribution is -0.219. The molecule has 4 rings (SSSR count). The molecular formula is C12H20O2. The summed E-state index contributed by atoms with van der Waals surface area (Å²) < 4.78 is 0. The first-order chi connectivity index (χ1) is 6.54. The molecule has 0 spiro atoms. The summed E-state index contributed by atoms with van der Waals surface area (Å²) in [5.41, 5.74) is -1.02. The Morgan fingerprint density at radius 3 is 1.79 bits per heavy atom. The van der Waals surface area contributed by atoms with Crippen LogP contribution in [0.25, 0.3) is 0 Å². The standard InChI is InChI=1S/C12H20O2/c1-2-10-8-3-11(13)5-9(10)6-12(14,4-8)7-11/h8-10,13-14H,2-7H2,1H3. The van der Waals surface area contributed by atoms with Gasteiger partial charge in [0.2, 0.25) is 0 Å². The van der Waals surface area contributed by atoms with E-state index in [1.807, 2.05) is 0 Å². The summed E-state index contributed by atoms with van der Waals surface area (Å²) >= 11 is 0. The van der Waals surface area contributed by atoms with Crippen molar-refractivity contribution < 1.29 is 10.2 Å². The fraction of sp³-hybridized carbons (Fsp3) is 1.00. The van der Waals surface area contributed by atoms with E-state index in [1.54, 1.807) is 0 Å². The summed E-state index contributed by atoms with van der Waals surface area (Å²) in [6.45, 7) is 2.25. The average molecular weight is 196 g/mol. The van der Waals surface area contributed by atoms with Crippen molar-refractivity contribution in [3.8, 4) is 0 Å². The molecule has 0 aliphatic heterocycles. The number of rotatable bonds is 1. The van der Waals surface area contributed by atoms with Crippen LogP contribution in [0.3, 0.4) is 0 Å². The van der Waals surface area contributed by atoms with Crippen LogP contribution in [-0.4, -0.2) is 21.4 Å². The monoisotopic (exact) mass is 196 g/mol. The Balaban J connectivity index is 1.94. The molecule has 0 amide bonds. The zero-order valence-electron chi connectivity index (χ0n) is 8.87. The highest BCUT2D eigenvalue weighted by atomic mass is 16.3. The summed E-state index contributed by atoms with van der Waals surface area (Å²) in [4.78, 5) is 0. The third-order valence-electron chi connectivity index (χ3n) is 4.91. The molecule has 80 valence electrons. The van der Waals surface area contributed by atoms with E-state index in [-0.39, 0.29) is 0 Å². The smallest absolute Gasteiger partial charge is 0.0680 e. The normalized spacial score (nSPS) is 60.6. The zero-order valence-corrected chi connectivity index (χ0v) is 8.87. The van der Waals surface area contributed by atoms with Crippen LogP contribution >= 0.6 is 0 Å². The SMILES string of the molecule is CCC1C2CC3(O)CC1CC(O)(C2)C3. The minimum Gasteiger partial charge on any atom is -0.390 e. The molecule has 0 aromatic rings. The van der Waals surface area contributed by atoms with Gasteiger partial charge in [0.05, 0.1) is 11.2 Å². The maximum Gasteiger partial charge on any atom is 0.0680 e. The summed E-state index contributed by atoms with van der Waals surface area (Å²) in [5.74, 6) is 1.96. The Morgan fingerprint density at radius 2 is 1.43 bits per heavy atom. The Bertz CT molecular complexity index is 225. The topological polar surface area (TPSA) is 40.5 Å². The average Bonchev–Trinajstić information content (AvgIpc) is 1.97. The predicted molar refractivity (Wildman–Crippen MR) is 53.7 cm³/mol. The molecule has 0 radical (unpaired) electrons. The van der Waals surface area contributed by atoms with Gasteiger partial charge in [-0.3, -0.25) is 0 Å². The molecule has 4 fully saturated rings. The van der Waals surface area contributed by atoms with E-state index < -0.39 is 11.2 Å². The van der Waals surface area contributed by atoms with Crippen molar-refractivity contribution in [3.05, 3.63) is 0 Å². The molecule has 2 N–H and O–H groups in total. The van der Waals surface area contributed by atoms with Crippen molar-refractivity contribution in [1.82, 2.24) is 0 Å². The summed E-state index contributed by atoms with van der Waals surface area (Å²) in [7, 11) is 0. The van der Waals surface area contributed by atoms with Gasteiger partial charge in [-0.25, -0.2) is 0 Å². The van der Waals surface area contributed by atoms with Crippen molar-refractivity contribution >= 4 is 0 Å². The fourth-order valence-electron chi connectivity index (χ4n) is 4.82. The van der Waals surface area contributed by atoms with Crippen LogP contribution < -0.4 is 0 Å². The first kappa shape index (κ1) is 9.17. The molecule has 0 saturated heterocycles. The maximum atomic E-state index is 10.3. The van der Waals surface area contributed by atoms with E-state index >= 15 is 0 Å². The third-order valence-corrected chi connectivity index (χ3v) is 4.91. The lowest BCUT2D eigenvalue weighted by Crippen LogP contribution is -2.62. The van der Waals surface area contributed by atoms with Crippen LogP contribution in [0.4, 0.5) is 0 Å². The molecule has 0 aromatic heterocycles. The van der Waals surface area contributed by atoms with Crippen molar-refractivity contribution in [2.75, 3.05) is 0 Å². The summed E-state index contributed by atoms with van der Waals surface area (Å²) in [6, 6.07) is 0. The molecule has 0 unspecified atom stereocenters. The zero-order chi connectivity index (χ0) is 9.97. The second-order valence-electron chi connectivity index (χ2n) is 6.03. The molecule has 4 aliphatic carbocycles. The van der Waals surface area contributed by atoms with Crippen molar-refractivity contribution in [2.24, 2.45) is 17.8 Å². The van der Waals surface area contributed by atoms with Crippen LogP contribution in [-0.2, 0) is 0 Å². The Kier molecular flexibility index (Phi) is 1.66. The Labute approximate surface area is 85.3 Å². The largest absolute Gasteiger partial charge is 0.390 e. The van der Waals surface area contributed by atoms with Gasteiger partial charge in [0, 0.05) is 6.42 Å². The first-order valence-electron chi connectivity index (χ1n) is 5.98. The van der Waals surface area contributed by atoms with Gasteiger partial charge < -0.3 is 10.2 Å². The molecular weight excluding hydrogens is 176 g/mol. The predicted octanol–water partition coefficient (Wildman–Crippen LogP) is 1.70. The van der Waals surface area contributed by atoms with Crippen LogP contribution in [0, 0.1) is 17.8 Å². The van der Waals surface area contributed by atoms with E-state index in [9.17, 15) is 10.2 Å². The van der Waals surface area contributed by atoms with E-state index in [4.69, 9.17) is 0 Å². The summed E-state index contributed by atoms with van der Waals surface area (Å²) in [6.07, 6.45) is 5.66. The third kappa shape index (κ3) is 1.10. The number of aliphatic hydroxyl groups is 2. The maximum absolute atomic E-state index is 10.3. The quantitative estimate of drug-likeness (QED) is 0.670. The molecule has 14 heavy (non-hydrogen) atoms. The minimum atomic E-state index is -0.508. The summed E-state index contributed by atoms with van der Waals surface area (Å²) in [5, 5.41) is 20.6. The molecule has 0 atom stereocenters. The van der Waals surface area contributed by atoms with Gasteiger partial charge in [0.15, 0.2) is 0 Å². The highest BCUT2D eigenvalue weighted by molar-refractivity contribution is 5.11. The number of hydrogen-bond acceptors (Lipinski definition) is 2. The Hall–Kier alpha value is -0.0800. The molecule has 4 bridgehead atoms.